The Hall–Kier alpha value is -1.33. The lowest BCUT2D eigenvalue weighted by Crippen LogP contribution is -2.34. The van der Waals surface area contributed by atoms with Gasteiger partial charge in [0, 0.05) is 27.2 Å². The highest BCUT2D eigenvalue weighted by Crippen LogP contribution is 2.18. The van der Waals surface area contributed by atoms with Crippen LogP contribution in [0.25, 0.3) is 0 Å². The maximum Gasteiger partial charge on any atom is 0.236 e. The van der Waals surface area contributed by atoms with Crippen molar-refractivity contribution in [2.75, 3.05) is 39.5 Å². The first-order chi connectivity index (χ1) is 9.43. The zero-order valence-corrected chi connectivity index (χ0v) is 13.4. The van der Waals surface area contributed by atoms with Crippen molar-refractivity contribution in [1.29, 1.82) is 0 Å². The topological polar surface area (TPSA) is 48.5 Å². The summed E-state index contributed by atoms with van der Waals surface area (Å²) in [5.74, 6) is 0.877. The molecule has 5 nitrogen and oxygen atoms in total. The van der Waals surface area contributed by atoms with Crippen molar-refractivity contribution in [3.8, 4) is 0 Å². The number of rotatable bonds is 7. The number of carbonyl (C=O) groups excluding carboxylic acids is 1. The SMILES string of the molecule is CCCNc1ccc(Cl)c(CN(C)CC(=O)N(C)C)n1. The summed E-state index contributed by atoms with van der Waals surface area (Å²) in [5.41, 5.74) is 0.779. The van der Waals surface area contributed by atoms with Gasteiger partial charge in [-0.25, -0.2) is 4.98 Å². The molecule has 1 aromatic rings. The molecule has 0 atom stereocenters. The lowest BCUT2D eigenvalue weighted by atomic mass is 10.3. The smallest absolute Gasteiger partial charge is 0.236 e. The summed E-state index contributed by atoms with van der Waals surface area (Å²) in [6.45, 7) is 3.87. The fourth-order valence-electron chi connectivity index (χ4n) is 1.63. The third-order valence-corrected chi connectivity index (χ3v) is 3.14. The number of hydrogen-bond donors (Lipinski definition) is 1. The number of nitrogens with zero attached hydrogens (tertiary/aromatic N) is 3. The average molecular weight is 299 g/mol. The lowest BCUT2D eigenvalue weighted by Gasteiger charge is -2.19. The van der Waals surface area contributed by atoms with E-state index in [1.807, 2.05) is 24.1 Å². The van der Waals surface area contributed by atoms with E-state index < -0.39 is 0 Å². The fourth-order valence-corrected chi connectivity index (χ4v) is 1.80. The zero-order valence-electron chi connectivity index (χ0n) is 12.6. The summed E-state index contributed by atoms with van der Waals surface area (Å²) in [6, 6.07) is 3.70. The van der Waals surface area contributed by atoms with Crippen molar-refractivity contribution in [3.63, 3.8) is 0 Å². The quantitative estimate of drug-likeness (QED) is 0.837. The second-order valence-electron chi connectivity index (χ2n) is 5.01. The summed E-state index contributed by atoms with van der Waals surface area (Å²) in [6.07, 6.45) is 1.04. The Bertz CT molecular complexity index is 451. The Morgan fingerprint density at radius 2 is 2.05 bits per heavy atom. The van der Waals surface area contributed by atoms with Crippen LogP contribution in [0.1, 0.15) is 19.0 Å². The number of amides is 1. The van der Waals surface area contributed by atoms with E-state index in [0.717, 1.165) is 24.5 Å². The summed E-state index contributed by atoms with van der Waals surface area (Å²) in [7, 11) is 5.37. The number of carbonyl (C=O) groups is 1. The third-order valence-electron chi connectivity index (χ3n) is 2.80. The molecule has 0 bridgehead atoms. The Kier molecular flexibility index (Phi) is 6.75. The van der Waals surface area contributed by atoms with Gasteiger partial charge in [-0.05, 0) is 25.6 Å². The molecule has 1 heterocycles. The molecule has 0 radical (unpaired) electrons. The van der Waals surface area contributed by atoms with Crippen LogP contribution < -0.4 is 5.32 Å². The first-order valence-corrected chi connectivity index (χ1v) is 7.09. The minimum Gasteiger partial charge on any atom is -0.370 e. The first kappa shape index (κ1) is 16.7. The predicted octanol–water partition coefficient (Wildman–Crippen LogP) is 2.08. The van der Waals surface area contributed by atoms with Crippen molar-refractivity contribution < 1.29 is 4.79 Å². The second kappa shape index (κ2) is 8.07. The summed E-state index contributed by atoms with van der Waals surface area (Å²) in [4.78, 5) is 19.6. The standard InChI is InChI=1S/C14H23ClN4O/c1-5-8-16-13-7-6-11(15)12(17-13)9-19(4)10-14(20)18(2)3/h6-7H,5,8-10H2,1-4H3,(H,16,17). The van der Waals surface area contributed by atoms with Gasteiger partial charge in [-0.15, -0.1) is 0 Å². The average Bonchev–Trinajstić information content (AvgIpc) is 2.39. The van der Waals surface area contributed by atoms with Crippen molar-refractivity contribution in [3.05, 3.63) is 22.8 Å². The number of halogens is 1. The fraction of sp³-hybridized carbons (Fsp3) is 0.571. The van der Waals surface area contributed by atoms with E-state index in [1.165, 1.54) is 0 Å². The van der Waals surface area contributed by atoms with Crippen molar-refractivity contribution in [2.45, 2.75) is 19.9 Å². The highest BCUT2D eigenvalue weighted by Gasteiger charge is 2.12. The number of nitrogens with one attached hydrogen (secondary N) is 1. The molecule has 1 N–H and O–H groups in total. The van der Waals surface area contributed by atoms with E-state index in [2.05, 4.69) is 17.2 Å². The predicted molar refractivity (Wildman–Crippen MR) is 83.1 cm³/mol. The maximum absolute atomic E-state index is 11.7. The Morgan fingerprint density at radius 3 is 2.65 bits per heavy atom. The molecule has 0 saturated carbocycles. The number of aromatic nitrogens is 1. The van der Waals surface area contributed by atoms with Crippen LogP contribution in [0.2, 0.25) is 5.02 Å². The molecular formula is C14H23ClN4O. The monoisotopic (exact) mass is 298 g/mol. The van der Waals surface area contributed by atoms with Gasteiger partial charge in [0.2, 0.25) is 5.91 Å². The molecular weight excluding hydrogens is 276 g/mol. The largest absolute Gasteiger partial charge is 0.370 e. The van der Waals surface area contributed by atoms with Crippen LogP contribution in [-0.4, -0.2) is 54.9 Å². The van der Waals surface area contributed by atoms with Crippen LogP contribution in [0.3, 0.4) is 0 Å². The molecule has 0 aliphatic rings. The van der Waals surface area contributed by atoms with Crippen molar-refractivity contribution >= 4 is 23.3 Å². The van der Waals surface area contributed by atoms with E-state index in [-0.39, 0.29) is 5.91 Å². The molecule has 0 saturated heterocycles. The molecule has 0 aliphatic carbocycles. The van der Waals surface area contributed by atoms with E-state index in [0.29, 0.717) is 18.1 Å². The van der Waals surface area contributed by atoms with Gasteiger partial charge in [-0.1, -0.05) is 18.5 Å². The van der Waals surface area contributed by atoms with Crippen molar-refractivity contribution in [2.24, 2.45) is 0 Å². The van der Waals surface area contributed by atoms with Gasteiger partial charge in [0.15, 0.2) is 0 Å². The van der Waals surface area contributed by atoms with E-state index >= 15 is 0 Å². The molecule has 0 aliphatic heterocycles. The summed E-state index contributed by atoms with van der Waals surface area (Å²) >= 11 is 6.16. The first-order valence-electron chi connectivity index (χ1n) is 6.72. The third kappa shape index (κ3) is 5.35. The van der Waals surface area contributed by atoms with Gasteiger partial charge >= 0.3 is 0 Å². The molecule has 0 aromatic carbocycles. The highest BCUT2D eigenvalue weighted by atomic mass is 35.5. The molecule has 1 aromatic heterocycles. The molecule has 112 valence electrons. The highest BCUT2D eigenvalue weighted by molar-refractivity contribution is 6.31. The number of anilines is 1. The van der Waals surface area contributed by atoms with Gasteiger partial charge in [-0.3, -0.25) is 9.69 Å². The van der Waals surface area contributed by atoms with Crippen LogP contribution in [0.15, 0.2) is 12.1 Å². The van der Waals surface area contributed by atoms with Gasteiger partial charge in [0.25, 0.3) is 0 Å². The zero-order chi connectivity index (χ0) is 15.1. The van der Waals surface area contributed by atoms with Gasteiger partial charge in [-0.2, -0.15) is 0 Å². The Balaban J connectivity index is 2.68. The number of likely N-dealkylation sites (N-methyl/N-ethyl adjacent to an activating group) is 2. The van der Waals surface area contributed by atoms with E-state index in [9.17, 15) is 4.79 Å². The van der Waals surface area contributed by atoms with Gasteiger partial charge in [0.05, 0.1) is 17.3 Å². The van der Waals surface area contributed by atoms with Crippen molar-refractivity contribution in [1.82, 2.24) is 14.8 Å². The number of hydrogen-bond acceptors (Lipinski definition) is 4. The van der Waals surface area contributed by atoms with Crippen LogP contribution in [0, 0.1) is 0 Å². The van der Waals surface area contributed by atoms with Crippen LogP contribution >= 0.6 is 11.6 Å². The van der Waals surface area contributed by atoms with Crippen LogP contribution in [0.5, 0.6) is 0 Å². The van der Waals surface area contributed by atoms with Gasteiger partial charge < -0.3 is 10.2 Å². The summed E-state index contributed by atoms with van der Waals surface area (Å²) < 4.78 is 0. The molecule has 0 fully saturated rings. The molecule has 0 spiro atoms. The van der Waals surface area contributed by atoms with E-state index in [1.54, 1.807) is 19.0 Å². The lowest BCUT2D eigenvalue weighted by molar-refractivity contribution is -0.129. The molecule has 20 heavy (non-hydrogen) atoms. The van der Waals surface area contributed by atoms with Crippen LogP contribution in [0.4, 0.5) is 5.82 Å². The molecule has 1 amide bonds. The molecule has 1 rings (SSSR count). The van der Waals surface area contributed by atoms with Gasteiger partial charge in [0.1, 0.15) is 5.82 Å². The minimum absolute atomic E-state index is 0.0592. The Morgan fingerprint density at radius 1 is 1.35 bits per heavy atom. The van der Waals surface area contributed by atoms with E-state index in [4.69, 9.17) is 11.6 Å². The second-order valence-corrected chi connectivity index (χ2v) is 5.42. The normalized spacial score (nSPS) is 10.7. The van der Waals surface area contributed by atoms with Crippen LogP contribution in [-0.2, 0) is 11.3 Å². The Labute approximate surface area is 125 Å². The molecule has 0 unspecified atom stereocenters. The molecule has 6 heteroatoms. The summed E-state index contributed by atoms with van der Waals surface area (Å²) in [5, 5.41) is 3.85. The number of pyridine rings is 1. The minimum atomic E-state index is 0.0592. The maximum atomic E-state index is 11.7.